The Morgan fingerprint density at radius 3 is 1.55 bits per heavy atom. The molecule has 29 heavy (non-hydrogen) atoms. The molecule has 5 nitrogen and oxygen atoms in total. The van der Waals surface area contributed by atoms with E-state index in [-0.39, 0.29) is 22.1 Å². The highest BCUT2D eigenvalue weighted by atomic mass is 28.4. The van der Waals surface area contributed by atoms with Crippen LogP contribution in [0.3, 0.4) is 0 Å². The molecule has 0 bridgehead atoms. The molecule has 0 atom stereocenters. The van der Waals surface area contributed by atoms with Gasteiger partial charge in [0.1, 0.15) is 0 Å². The highest BCUT2D eigenvalue weighted by molar-refractivity contribution is 6.74. The summed E-state index contributed by atoms with van der Waals surface area (Å²) in [4.78, 5) is 12.1. The van der Waals surface area contributed by atoms with Crippen molar-refractivity contribution in [1.29, 1.82) is 0 Å². The maximum Gasteiger partial charge on any atom is 0.335 e. The Bertz CT molecular complexity index is 542. The standard InChI is InChI=1S/C22H47NO4Si2/c1-14-25-20(24)17(2)18(3)23-19(15-26-28(10,11)21(4,5)6)16-27-29(12,13)22(7,8)9/h19,23H,14-16H2,1-13H3/b18-17+. The molecule has 0 aromatic heterocycles. The molecule has 0 aliphatic carbocycles. The number of carbonyl (C=O) groups excluding carboxylic acids is 1. The maximum atomic E-state index is 12.1. The van der Waals surface area contributed by atoms with Crippen molar-refractivity contribution in [3.05, 3.63) is 11.3 Å². The first kappa shape index (κ1) is 28.4. The largest absolute Gasteiger partial charge is 0.463 e. The molecule has 7 heteroatoms. The lowest BCUT2D eigenvalue weighted by atomic mass is 10.2. The van der Waals surface area contributed by atoms with Crippen LogP contribution in [0.25, 0.3) is 0 Å². The molecular weight excluding hydrogens is 398 g/mol. The van der Waals surface area contributed by atoms with Crippen LogP contribution < -0.4 is 5.32 Å². The average molecular weight is 446 g/mol. The summed E-state index contributed by atoms with van der Waals surface area (Å²) < 4.78 is 18.1. The average Bonchev–Trinajstić information content (AvgIpc) is 2.54. The molecule has 0 aliphatic heterocycles. The maximum absolute atomic E-state index is 12.1. The van der Waals surface area contributed by atoms with Crippen LogP contribution in [-0.2, 0) is 18.4 Å². The number of ether oxygens (including phenoxy) is 1. The predicted octanol–water partition coefficient (Wildman–Crippen LogP) is 5.85. The Balaban J connectivity index is 5.44. The monoisotopic (exact) mass is 445 g/mol. The lowest BCUT2D eigenvalue weighted by Gasteiger charge is -2.39. The normalized spacial score (nSPS) is 14.7. The zero-order valence-corrected chi connectivity index (χ0v) is 23.3. The van der Waals surface area contributed by atoms with Crippen molar-refractivity contribution >= 4 is 22.6 Å². The smallest absolute Gasteiger partial charge is 0.335 e. The van der Waals surface area contributed by atoms with Gasteiger partial charge in [-0.3, -0.25) is 0 Å². The van der Waals surface area contributed by atoms with Gasteiger partial charge in [0.05, 0.1) is 31.4 Å². The van der Waals surface area contributed by atoms with Crippen molar-refractivity contribution in [2.75, 3.05) is 19.8 Å². The second kappa shape index (κ2) is 10.6. The minimum Gasteiger partial charge on any atom is -0.463 e. The molecule has 0 aromatic carbocycles. The summed E-state index contributed by atoms with van der Waals surface area (Å²) in [7, 11) is -3.77. The molecule has 0 radical (unpaired) electrons. The van der Waals surface area contributed by atoms with Crippen molar-refractivity contribution in [2.45, 2.75) is 105 Å². The van der Waals surface area contributed by atoms with Gasteiger partial charge in [0.2, 0.25) is 0 Å². The van der Waals surface area contributed by atoms with Crippen molar-refractivity contribution in [3.8, 4) is 0 Å². The Hall–Kier alpha value is -0.636. The van der Waals surface area contributed by atoms with Gasteiger partial charge in [-0.25, -0.2) is 4.79 Å². The van der Waals surface area contributed by atoms with E-state index in [4.69, 9.17) is 13.6 Å². The first-order chi connectivity index (χ1) is 12.9. The topological polar surface area (TPSA) is 56.8 Å². The molecule has 0 saturated carbocycles. The Labute approximate surface area is 182 Å². The Kier molecular flexibility index (Phi) is 10.4. The SMILES string of the molecule is CCOC(=O)/C(C)=C(\C)NC(CO[Si](C)(C)C(C)(C)C)CO[Si](C)(C)C(C)(C)C. The molecule has 0 unspecified atom stereocenters. The number of allylic oxidation sites excluding steroid dienone is 1. The molecule has 0 heterocycles. The molecule has 0 spiro atoms. The van der Waals surface area contributed by atoms with Gasteiger partial charge in [-0.15, -0.1) is 0 Å². The molecular formula is C22H47NO4Si2. The molecule has 0 fully saturated rings. The van der Waals surface area contributed by atoms with E-state index in [1.807, 2.05) is 13.8 Å². The van der Waals surface area contributed by atoms with E-state index in [1.165, 1.54) is 0 Å². The second-order valence-corrected chi connectivity index (χ2v) is 20.6. The van der Waals surface area contributed by atoms with E-state index >= 15 is 0 Å². The molecule has 0 amide bonds. The number of rotatable bonds is 10. The quantitative estimate of drug-likeness (QED) is 0.260. The third kappa shape index (κ3) is 8.94. The van der Waals surface area contributed by atoms with Gasteiger partial charge in [0.15, 0.2) is 16.6 Å². The minimum absolute atomic E-state index is 0.0253. The van der Waals surface area contributed by atoms with Crippen molar-refractivity contribution < 1.29 is 18.4 Å². The fourth-order valence-corrected chi connectivity index (χ4v) is 4.09. The van der Waals surface area contributed by atoms with Crippen LogP contribution in [-0.4, -0.2) is 48.5 Å². The summed E-state index contributed by atoms with van der Waals surface area (Å²) in [5, 5.41) is 3.76. The van der Waals surface area contributed by atoms with Crippen LogP contribution in [0.5, 0.6) is 0 Å². The first-order valence-corrected chi connectivity index (χ1v) is 16.6. The molecule has 172 valence electrons. The van der Waals surface area contributed by atoms with E-state index in [9.17, 15) is 4.79 Å². The lowest BCUT2D eigenvalue weighted by Crippen LogP contribution is -2.49. The highest BCUT2D eigenvalue weighted by Crippen LogP contribution is 2.38. The van der Waals surface area contributed by atoms with Crippen LogP contribution >= 0.6 is 0 Å². The van der Waals surface area contributed by atoms with Gasteiger partial charge in [0.25, 0.3) is 0 Å². The Morgan fingerprint density at radius 1 is 0.862 bits per heavy atom. The lowest BCUT2D eigenvalue weighted by molar-refractivity contribution is -0.138. The van der Waals surface area contributed by atoms with E-state index in [0.717, 1.165) is 5.70 Å². The third-order valence-electron chi connectivity index (χ3n) is 6.47. The van der Waals surface area contributed by atoms with E-state index in [1.54, 1.807) is 6.92 Å². The zero-order chi connectivity index (χ0) is 23.3. The second-order valence-electron chi connectivity index (χ2n) is 11.0. The number of esters is 1. The van der Waals surface area contributed by atoms with E-state index in [0.29, 0.717) is 25.4 Å². The van der Waals surface area contributed by atoms with E-state index in [2.05, 4.69) is 73.0 Å². The Morgan fingerprint density at radius 2 is 1.24 bits per heavy atom. The summed E-state index contributed by atoms with van der Waals surface area (Å²) in [6.07, 6.45) is 0. The van der Waals surface area contributed by atoms with Crippen LogP contribution in [0.2, 0.25) is 36.3 Å². The predicted molar refractivity (Wildman–Crippen MR) is 128 cm³/mol. The number of hydrogen-bond donors (Lipinski definition) is 1. The van der Waals surface area contributed by atoms with Gasteiger partial charge >= 0.3 is 5.97 Å². The van der Waals surface area contributed by atoms with Crippen LogP contribution in [0.4, 0.5) is 0 Å². The number of hydrogen-bond acceptors (Lipinski definition) is 5. The van der Waals surface area contributed by atoms with Crippen molar-refractivity contribution in [3.63, 3.8) is 0 Å². The summed E-state index contributed by atoms with van der Waals surface area (Å²) in [6, 6.07) is -0.0253. The molecule has 1 N–H and O–H groups in total. The summed E-state index contributed by atoms with van der Waals surface area (Å²) in [6.45, 7) is 29.5. The van der Waals surface area contributed by atoms with Crippen molar-refractivity contribution in [1.82, 2.24) is 5.32 Å². The molecule has 0 saturated heterocycles. The first-order valence-electron chi connectivity index (χ1n) is 10.7. The fraction of sp³-hybridized carbons (Fsp3) is 0.864. The molecule has 0 aromatic rings. The molecule has 0 aliphatic rings. The highest BCUT2D eigenvalue weighted by Gasteiger charge is 2.39. The fourth-order valence-electron chi connectivity index (χ4n) is 1.99. The number of nitrogens with one attached hydrogen (secondary N) is 1. The van der Waals surface area contributed by atoms with Gasteiger partial charge < -0.3 is 18.9 Å². The van der Waals surface area contributed by atoms with Gasteiger partial charge in [0, 0.05) is 5.70 Å². The summed E-state index contributed by atoms with van der Waals surface area (Å²) in [5.41, 5.74) is 1.41. The van der Waals surface area contributed by atoms with Crippen molar-refractivity contribution in [2.24, 2.45) is 0 Å². The van der Waals surface area contributed by atoms with Crippen LogP contribution in [0.15, 0.2) is 11.3 Å². The van der Waals surface area contributed by atoms with Gasteiger partial charge in [-0.1, -0.05) is 41.5 Å². The van der Waals surface area contributed by atoms with Gasteiger partial charge in [-0.05, 0) is 57.0 Å². The summed E-state index contributed by atoms with van der Waals surface area (Å²) >= 11 is 0. The summed E-state index contributed by atoms with van der Waals surface area (Å²) in [5.74, 6) is -0.285. The zero-order valence-electron chi connectivity index (χ0n) is 21.3. The van der Waals surface area contributed by atoms with Crippen LogP contribution in [0.1, 0.15) is 62.3 Å². The third-order valence-corrected chi connectivity index (χ3v) is 15.5. The van der Waals surface area contributed by atoms with Gasteiger partial charge in [-0.2, -0.15) is 0 Å². The molecule has 0 rings (SSSR count). The van der Waals surface area contributed by atoms with Crippen LogP contribution in [0, 0.1) is 0 Å². The minimum atomic E-state index is -1.88. The number of carbonyl (C=O) groups is 1. The van der Waals surface area contributed by atoms with E-state index < -0.39 is 16.6 Å².